The molecule has 1 rings (SSSR count). The Labute approximate surface area is 119 Å². The molecule has 1 aromatic rings. The van der Waals surface area contributed by atoms with E-state index in [1.54, 1.807) is 12.1 Å². The second-order valence-electron chi connectivity index (χ2n) is 4.67. The molecule has 4 heteroatoms. The van der Waals surface area contributed by atoms with Crippen LogP contribution in [0.5, 0.6) is 0 Å². The summed E-state index contributed by atoms with van der Waals surface area (Å²) in [6.45, 7) is 6.48. The number of halogens is 2. The van der Waals surface area contributed by atoms with Crippen LogP contribution >= 0.6 is 11.6 Å². The van der Waals surface area contributed by atoms with E-state index in [9.17, 15) is 9.50 Å². The van der Waals surface area contributed by atoms with Crippen molar-refractivity contribution >= 4 is 11.6 Å². The predicted octanol–water partition coefficient (Wildman–Crippen LogP) is 3.98. The van der Waals surface area contributed by atoms with E-state index < -0.39 is 17.5 Å². The maximum Gasteiger partial charge on any atom is 0.141 e. The zero-order valence-corrected chi connectivity index (χ0v) is 12.5. The molecule has 0 aliphatic rings. The Morgan fingerprint density at radius 3 is 2.42 bits per heavy atom. The van der Waals surface area contributed by atoms with Crippen molar-refractivity contribution in [3.8, 4) is 0 Å². The lowest BCUT2D eigenvalue weighted by Gasteiger charge is -2.36. The summed E-state index contributed by atoms with van der Waals surface area (Å²) in [6.07, 6.45) is 1.23. The molecule has 108 valence electrons. The second-order valence-corrected chi connectivity index (χ2v) is 5.08. The Morgan fingerprint density at radius 2 is 1.95 bits per heavy atom. The topological polar surface area (TPSA) is 29.5 Å². The molecule has 0 aliphatic carbocycles. The van der Waals surface area contributed by atoms with E-state index in [0.717, 1.165) is 18.4 Å². The zero-order valence-electron chi connectivity index (χ0n) is 11.7. The van der Waals surface area contributed by atoms with E-state index in [4.69, 9.17) is 16.3 Å². The first-order valence-electron chi connectivity index (χ1n) is 6.75. The molecule has 19 heavy (non-hydrogen) atoms. The average Bonchev–Trinajstić information content (AvgIpc) is 2.40. The van der Waals surface area contributed by atoms with Gasteiger partial charge in [-0.25, -0.2) is 4.39 Å². The summed E-state index contributed by atoms with van der Waals surface area (Å²) >= 11 is 5.75. The van der Waals surface area contributed by atoms with E-state index >= 15 is 0 Å². The minimum atomic E-state index is -0.635. The third-order valence-corrected chi connectivity index (χ3v) is 3.94. The first kappa shape index (κ1) is 16.4. The van der Waals surface area contributed by atoms with Crippen molar-refractivity contribution in [3.63, 3.8) is 0 Å². The van der Waals surface area contributed by atoms with Crippen LogP contribution in [0, 0.1) is 5.82 Å². The average molecular weight is 289 g/mol. The van der Waals surface area contributed by atoms with Crippen molar-refractivity contribution in [2.45, 2.75) is 51.7 Å². The summed E-state index contributed by atoms with van der Waals surface area (Å²) in [6, 6.07) is 4.53. The van der Waals surface area contributed by atoms with E-state index in [0.29, 0.717) is 13.0 Å². The van der Waals surface area contributed by atoms with Gasteiger partial charge in [-0.05, 0) is 37.5 Å². The summed E-state index contributed by atoms with van der Waals surface area (Å²) in [5, 5.41) is 10.5. The number of benzene rings is 1. The van der Waals surface area contributed by atoms with Gasteiger partial charge in [-0.1, -0.05) is 31.5 Å². The van der Waals surface area contributed by atoms with Crippen LogP contribution in [-0.2, 0) is 11.2 Å². The highest BCUT2D eigenvalue weighted by molar-refractivity contribution is 6.30. The Morgan fingerprint density at radius 1 is 1.32 bits per heavy atom. The molecular weight excluding hydrogens is 267 g/mol. The third kappa shape index (κ3) is 3.91. The lowest BCUT2D eigenvalue weighted by Crippen LogP contribution is -2.45. The van der Waals surface area contributed by atoms with Gasteiger partial charge in [0.05, 0.1) is 16.7 Å². The monoisotopic (exact) mass is 288 g/mol. The molecule has 1 atom stereocenters. The minimum absolute atomic E-state index is 0.0831. The highest BCUT2D eigenvalue weighted by Crippen LogP contribution is 2.28. The summed E-state index contributed by atoms with van der Waals surface area (Å²) < 4.78 is 18.9. The van der Waals surface area contributed by atoms with Crippen LogP contribution in [0.4, 0.5) is 4.39 Å². The molecule has 0 spiro atoms. The van der Waals surface area contributed by atoms with Crippen LogP contribution in [0.25, 0.3) is 0 Å². The van der Waals surface area contributed by atoms with Crippen LogP contribution in [-0.4, -0.2) is 23.4 Å². The third-order valence-electron chi connectivity index (χ3n) is 3.65. The van der Waals surface area contributed by atoms with E-state index in [1.165, 1.54) is 6.07 Å². The maximum absolute atomic E-state index is 13.1. The molecular formula is C15H22ClFO2. The smallest absolute Gasteiger partial charge is 0.141 e. The molecule has 0 aliphatic heterocycles. The van der Waals surface area contributed by atoms with E-state index in [-0.39, 0.29) is 5.02 Å². The summed E-state index contributed by atoms with van der Waals surface area (Å²) in [7, 11) is 0. The Bertz CT molecular complexity index is 405. The Balaban J connectivity index is 2.86. The molecule has 0 saturated heterocycles. The van der Waals surface area contributed by atoms with Crippen LogP contribution in [0.1, 0.15) is 39.2 Å². The number of aliphatic hydroxyl groups excluding tert-OH is 1. The van der Waals surface area contributed by atoms with Gasteiger partial charge in [0.15, 0.2) is 0 Å². The van der Waals surface area contributed by atoms with Gasteiger partial charge in [0.25, 0.3) is 0 Å². The molecule has 1 unspecified atom stereocenters. The van der Waals surface area contributed by atoms with Crippen LogP contribution in [0.2, 0.25) is 5.02 Å². The van der Waals surface area contributed by atoms with Crippen molar-refractivity contribution in [2.75, 3.05) is 6.61 Å². The molecule has 0 saturated carbocycles. The van der Waals surface area contributed by atoms with Crippen LogP contribution in [0.3, 0.4) is 0 Å². The number of aliphatic hydroxyl groups is 1. The summed E-state index contributed by atoms with van der Waals surface area (Å²) in [5.41, 5.74) is 0.264. The van der Waals surface area contributed by atoms with Crippen LogP contribution < -0.4 is 0 Å². The quantitative estimate of drug-likeness (QED) is 0.822. The fourth-order valence-corrected chi connectivity index (χ4v) is 2.59. The van der Waals surface area contributed by atoms with Gasteiger partial charge in [-0.3, -0.25) is 0 Å². The SMILES string of the molecule is CCOC(CC)(CC)C(O)Cc1ccc(F)c(Cl)c1. The first-order chi connectivity index (χ1) is 8.99. The largest absolute Gasteiger partial charge is 0.390 e. The Hall–Kier alpha value is -0.640. The van der Waals surface area contributed by atoms with Crippen molar-refractivity contribution in [1.29, 1.82) is 0 Å². The first-order valence-corrected chi connectivity index (χ1v) is 7.12. The fourth-order valence-electron chi connectivity index (χ4n) is 2.38. The lowest BCUT2D eigenvalue weighted by molar-refractivity contribution is -0.124. The standard InChI is InChI=1S/C15H22ClFO2/c1-4-15(5-2,19-6-3)14(18)10-11-7-8-13(17)12(16)9-11/h7-9,14,18H,4-6,10H2,1-3H3. The normalized spacial score (nSPS) is 13.6. The minimum Gasteiger partial charge on any atom is -0.390 e. The molecule has 2 nitrogen and oxygen atoms in total. The van der Waals surface area contributed by atoms with Gasteiger partial charge in [0, 0.05) is 13.0 Å². The van der Waals surface area contributed by atoms with Gasteiger partial charge in [0.1, 0.15) is 5.82 Å². The van der Waals surface area contributed by atoms with E-state index in [1.807, 2.05) is 20.8 Å². The zero-order chi connectivity index (χ0) is 14.5. The van der Waals surface area contributed by atoms with Gasteiger partial charge in [0.2, 0.25) is 0 Å². The van der Waals surface area contributed by atoms with Crippen molar-refractivity contribution < 1.29 is 14.2 Å². The van der Waals surface area contributed by atoms with Gasteiger partial charge >= 0.3 is 0 Å². The summed E-state index contributed by atoms with van der Waals surface area (Å²) in [4.78, 5) is 0. The lowest BCUT2D eigenvalue weighted by atomic mass is 9.86. The van der Waals surface area contributed by atoms with E-state index in [2.05, 4.69) is 0 Å². The molecule has 0 aromatic heterocycles. The molecule has 1 aromatic carbocycles. The molecule has 0 heterocycles. The number of hydrogen-bond acceptors (Lipinski definition) is 2. The van der Waals surface area contributed by atoms with Crippen molar-refractivity contribution in [3.05, 3.63) is 34.6 Å². The maximum atomic E-state index is 13.1. The molecule has 0 fully saturated rings. The van der Waals surface area contributed by atoms with Gasteiger partial charge in [-0.2, -0.15) is 0 Å². The molecule has 0 bridgehead atoms. The molecule has 0 radical (unpaired) electrons. The van der Waals surface area contributed by atoms with Crippen molar-refractivity contribution in [2.24, 2.45) is 0 Å². The molecule has 1 N–H and O–H groups in total. The Kier molecular flexibility index (Phi) is 6.24. The fraction of sp³-hybridized carbons (Fsp3) is 0.600. The summed E-state index contributed by atoms with van der Waals surface area (Å²) in [5.74, 6) is -0.443. The second kappa shape index (κ2) is 7.22. The number of rotatable bonds is 7. The van der Waals surface area contributed by atoms with Crippen molar-refractivity contribution in [1.82, 2.24) is 0 Å². The molecule has 0 amide bonds. The highest BCUT2D eigenvalue weighted by atomic mass is 35.5. The van der Waals surface area contributed by atoms with Gasteiger partial charge in [-0.15, -0.1) is 0 Å². The van der Waals surface area contributed by atoms with Crippen LogP contribution in [0.15, 0.2) is 18.2 Å². The predicted molar refractivity (Wildman–Crippen MR) is 76.1 cm³/mol. The van der Waals surface area contributed by atoms with Gasteiger partial charge < -0.3 is 9.84 Å². The highest BCUT2D eigenvalue weighted by Gasteiger charge is 2.35. The number of hydrogen-bond donors (Lipinski definition) is 1. The number of ether oxygens (including phenoxy) is 1.